The molecule has 0 aliphatic carbocycles. The van der Waals surface area contributed by atoms with Gasteiger partial charge in [0.1, 0.15) is 0 Å². The number of hydrogen-bond donors (Lipinski definition) is 0. The van der Waals surface area contributed by atoms with Crippen molar-refractivity contribution in [3.63, 3.8) is 0 Å². The zero-order chi connectivity index (χ0) is 16.1. The van der Waals surface area contributed by atoms with Gasteiger partial charge in [-0.15, -0.1) is 10.5 Å². The minimum Gasteiger partial charge on any atom is -0.465 e. The minimum atomic E-state index is -0.795. The minimum absolute atomic E-state index is 0.0169. The molecule has 0 bridgehead atoms. The molecule has 0 aromatic rings. The van der Waals surface area contributed by atoms with Crippen molar-refractivity contribution in [2.45, 2.75) is 6.42 Å². The van der Waals surface area contributed by atoms with Crippen LogP contribution < -0.4 is 0 Å². The van der Waals surface area contributed by atoms with Crippen molar-refractivity contribution in [1.82, 2.24) is 4.90 Å². The molecule has 1 fully saturated rings. The molecule has 0 saturated carbocycles. The van der Waals surface area contributed by atoms with Gasteiger partial charge in [-0.3, -0.25) is 0 Å². The van der Waals surface area contributed by atoms with Crippen molar-refractivity contribution in [3.05, 3.63) is 10.6 Å². The van der Waals surface area contributed by atoms with Crippen LogP contribution >= 0.6 is 10.5 Å². The highest BCUT2D eigenvalue weighted by atomic mass is 32.2. The van der Waals surface area contributed by atoms with Crippen LogP contribution in [0.3, 0.4) is 0 Å². The third kappa shape index (κ3) is 3.15. The van der Waals surface area contributed by atoms with Crippen molar-refractivity contribution in [2.75, 3.05) is 46.3 Å². The van der Waals surface area contributed by atoms with Gasteiger partial charge in [-0.25, -0.2) is 9.59 Å². The second-order valence-corrected chi connectivity index (χ2v) is 6.64. The number of morpholine rings is 1. The number of hydrogen-bond acceptors (Lipinski definition) is 7. The molecule has 0 N–H and O–H groups in total. The van der Waals surface area contributed by atoms with Gasteiger partial charge < -0.3 is 19.1 Å². The molecule has 0 radical (unpaired) electrons. The molecule has 0 amide bonds. The normalized spacial score (nSPS) is 21.3. The number of nitrogens with zero attached hydrogens (tertiary/aromatic N) is 2. The zero-order valence-corrected chi connectivity index (χ0v) is 13.4. The molecule has 0 spiro atoms. The summed E-state index contributed by atoms with van der Waals surface area (Å²) in [6.07, 6.45) is 0.545. The van der Waals surface area contributed by atoms with Gasteiger partial charge >= 0.3 is 11.9 Å². The van der Waals surface area contributed by atoms with Crippen LogP contribution in [-0.2, 0) is 23.8 Å². The van der Waals surface area contributed by atoms with Gasteiger partial charge in [0.25, 0.3) is 0 Å². The van der Waals surface area contributed by atoms with E-state index in [1.165, 1.54) is 14.2 Å². The summed E-state index contributed by atoms with van der Waals surface area (Å²) in [6.45, 7) is 2.40. The van der Waals surface area contributed by atoms with E-state index < -0.39 is 22.4 Å². The monoisotopic (exact) mass is 326 g/mol. The van der Waals surface area contributed by atoms with Gasteiger partial charge in [0.15, 0.2) is 4.86 Å². The van der Waals surface area contributed by atoms with Crippen LogP contribution in [0, 0.1) is 11.3 Å². The fourth-order valence-corrected chi connectivity index (χ4v) is 4.95. The summed E-state index contributed by atoms with van der Waals surface area (Å²) >= 11 is 0. The molecule has 2 heterocycles. The van der Waals surface area contributed by atoms with Crippen LogP contribution in [0.2, 0.25) is 0 Å². The molecule has 2 aliphatic heterocycles. The van der Waals surface area contributed by atoms with E-state index in [-0.39, 0.29) is 4.86 Å². The Morgan fingerprint density at radius 1 is 1.23 bits per heavy atom. The molecule has 1 saturated heterocycles. The van der Waals surface area contributed by atoms with Crippen LogP contribution in [0.4, 0.5) is 0 Å². The van der Waals surface area contributed by atoms with Crippen LogP contribution in [0.15, 0.2) is 10.6 Å². The van der Waals surface area contributed by atoms with Crippen molar-refractivity contribution in [2.24, 2.45) is 0 Å². The van der Waals surface area contributed by atoms with Crippen molar-refractivity contribution < 1.29 is 23.8 Å². The summed E-state index contributed by atoms with van der Waals surface area (Å²) in [5.74, 6) is -0.838. The molecule has 22 heavy (non-hydrogen) atoms. The highest BCUT2D eigenvalue weighted by Gasteiger charge is 2.33. The van der Waals surface area contributed by atoms with Gasteiger partial charge in [-0.05, 0) is 12.2 Å². The van der Waals surface area contributed by atoms with Gasteiger partial charge in [0.2, 0.25) is 0 Å². The van der Waals surface area contributed by atoms with Crippen LogP contribution in [-0.4, -0.2) is 68.0 Å². The summed E-state index contributed by atoms with van der Waals surface area (Å²) in [4.78, 5) is 26.1. The molecule has 7 nitrogen and oxygen atoms in total. The molecule has 1 unspecified atom stereocenters. The maximum Gasteiger partial charge on any atom is 0.351 e. The maximum absolute atomic E-state index is 12.0. The van der Waals surface area contributed by atoms with Crippen LogP contribution in [0.1, 0.15) is 6.42 Å². The predicted molar refractivity (Wildman–Crippen MR) is 81.1 cm³/mol. The van der Waals surface area contributed by atoms with E-state index in [1.807, 2.05) is 4.90 Å². The molecule has 1 atom stereocenters. The topological polar surface area (TPSA) is 88.9 Å². The third-order valence-electron chi connectivity index (χ3n) is 3.47. The van der Waals surface area contributed by atoms with Crippen LogP contribution in [0.5, 0.6) is 0 Å². The highest BCUT2D eigenvalue weighted by molar-refractivity contribution is 8.21. The Morgan fingerprint density at radius 3 is 2.32 bits per heavy atom. The number of ether oxygens (including phenoxy) is 3. The fourth-order valence-electron chi connectivity index (χ4n) is 2.44. The third-order valence-corrected chi connectivity index (χ3v) is 5.88. The van der Waals surface area contributed by atoms with Gasteiger partial charge in [0, 0.05) is 13.1 Å². The smallest absolute Gasteiger partial charge is 0.351 e. The lowest BCUT2D eigenvalue weighted by molar-refractivity contribution is -0.137. The maximum atomic E-state index is 12.0. The first-order chi connectivity index (χ1) is 10.6. The van der Waals surface area contributed by atoms with E-state index in [0.717, 1.165) is 5.03 Å². The van der Waals surface area contributed by atoms with Crippen molar-refractivity contribution >= 4 is 27.3 Å². The Bertz CT molecular complexity index is 567. The molecular weight excluding hydrogens is 308 g/mol. The summed E-state index contributed by atoms with van der Waals surface area (Å²) < 4.78 is 14.8. The van der Waals surface area contributed by atoms with Gasteiger partial charge in [0.05, 0.1) is 44.1 Å². The van der Waals surface area contributed by atoms with Crippen molar-refractivity contribution in [1.29, 1.82) is 5.26 Å². The van der Waals surface area contributed by atoms with E-state index in [2.05, 4.69) is 6.07 Å². The lowest BCUT2D eigenvalue weighted by atomic mass is 10.2. The quantitative estimate of drug-likeness (QED) is 0.417. The number of allylic oxidation sites excluding steroid dienone is 1. The first-order valence-electron chi connectivity index (χ1n) is 6.84. The number of carbonyl (C=O) groups is 2. The zero-order valence-electron chi connectivity index (χ0n) is 12.6. The predicted octanol–water partition coefficient (Wildman–Crippen LogP) is 0.245. The molecular formula is C14H18N2O5S. The number of rotatable bonds is 3. The number of carbonyl (C=O) groups excluding carboxylic acids is 2. The molecule has 0 aromatic heterocycles. The Kier molecular flexibility index (Phi) is 5.57. The number of esters is 2. The lowest BCUT2D eigenvalue weighted by Crippen LogP contribution is -2.36. The lowest BCUT2D eigenvalue weighted by Gasteiger charge is -2.31. The molecule has 120 valence electrons. The van der Waals surface area contributed by atoms with E-state index in [0.29, 0.717) is 44.1 Å². The highest BCUT2D eigenvalue weighted by Crippen LogP contribution is 2.41. The Labute approximate surface area is 131 Å². The summed E-state index contributed by atoms with van der Waals surface area (Å²) in [7, 11) is 1.67. The van der Waals surface area contributed by atoms with Gasteiger partial charge in [-0.1, -0.05) is 0 Å². The number of nitriles is 1. The Morgan fingerprint density at radius 2 is 1.82 bits per heavy atom. The number of methoxy groups -OCH3 is 2. The SMILES string of the molecule is COC(=O)C(C(=O)OC)=S1CCC(C#N)=C1N1CCOCC1. The second kappa shape index (κ2) is 7.42. The molecule has 2 aliphatic rings. The Balaban J connectivity index is 2.52. The molecule has 2 rings (SSSR count). The first-order valence-corrected chi connectivity index (χ1v) is 8.23. The molecule has 0 aromatic carbocycles. The summed E-state index contributed by atoms with van der Waals surface area (Å²) in [5.41, 5.74) is 0.621. The van der Waals surface area contributed by atoms with E-state index in [9.17, 15) is 14.9 Å². The van der Waals surface area contributed by atoms with Gasteiger partial charge in [-0.2, -0.15) is 5.26 Å². The summed E-state index contributed by atoms with van der Waals surface area (Å²) in [6, 6.07) is 2.20. The van der Waals surface area contributed by atoms with E-state index in [4.69, 9.17) is 14.2 Å². The second-order valence-electron chi connectivity index (χ2n) is 4.65. The Hall–Kier alpha value is -1.85. The first kappa shape index (κ1) is 16.5. The average molecular weight is 326 g/mol. The standard InChI is InChI=1S/C14H18N2O5S/c1-19-13(17)11(14(18)20-2)22-8-3-10(9-15)12(22)16-4-6-21-7-5-16/h3-8H2,1-2H3. The largest absolute Gasteiger partial charge is 0.465 e. The average Bonchev–Trinajstić information content (AvgIpc) is 2.98. The fraction of sp³-hybridized carbons (Fsp3) is 0.571. The van der Waals surface area contributed by atoms with Crippen LogP contribution in [0.25, 0.3) is 0 Å². The van der Waals surface area contributed by atoms with E-state index in [1.54, 1.807) is 0 Å². The van der Waals surface area contributed by atoms with E-state index >= 15 is 0 Å². The molecule has 8 heteroatoms. The summed E-state index contributed by atoms with van der Waals surface area (Å²) in [5, 5.41) is 10.1. The van der Waals surface area contributed by atoms with Crippen molar-refractivity contribution in [3.8, 4) is 6.07 Å².